The Hall–Kier alpha value is -2.77. The van der Waals surface area contributed by atoms with Gasteiger partial charge >= 0.3 is 6.03 Å². The minimum absolute atomic E-state index is 0.275. The Kier molecular flexibility index (Phi) is 5.58. The fraction of sp³-hybridized carbons (Fsp3) is 0.318. The molecule has 4 rings (SSSR count). The van der Waals surface area contributed by atoms with Crippen molar-refractivity contribution < 1.29 is 19.1 Å². The van der Waals surface area contributed by atoms with Crippen LogP contribution in [0.15, 0.2) is 36.4 Å². The van der Waals surface area contributed by atoms with Crippen LogP contribution in [0.4, 0.5) is 10.5 Å². The van der Waals surface area contributed by atoms with Gasteiger partial charge in [-0.25, -0.2) is 4.79 Å². The van der Waals surface area contributed by atoms with Gasteiger partial charge in [-0.1, -0.05) is 29.3 Å². The average Bonchev–Trinajstić information content (AvgIpc) is 2.98. The van der Waals surface area contributed by atoms with Gasteiger partial charge in [0.1, 0.15) is 17.8 Å². The lowest BCUT2D eigenvalue weighted by Gasteiger charge is -2.31. The number of hydrogen-bond donors (Lipinski definition) is 1. The first kappa shape index (κ1) is 21.5. The summed E-state index contributed by atoms with van der Waals surface area (Å²) >= 11 is 12.1. The summed E-state index contributed by atoms with van der Waals surface area (Å²) in [4.78, 5) is 41.4. The molecule has 0 saturated carbocycles. The number of halogens is 2. The fourth-order valence-corrected chi connectivity index (χ4v) is 4.32. The monoisotopic (exact) mass is 461 g/mol. The van der Waals surface area contributed by atoms with Crippen LogP contribution < -0.4 is 15.0 Å². The van der Waals surface area contributed by atoms with Crippen LogP contribution in [-0.2, 0) is 21.5 Å². The molecule has 1 unspecified atom stereocenters. The molecule has 1 atom stereocenters. The van der Waals surface area contributed by atoms with E-state index in [9.17, 15) is 14.4 Å². The third-order valence-corrected chi connectivity index (χ3v) is 6.51. The first-order valence-corrected chi connectivity index (χ1v) is 10.6. The number of urea groups is 1. The normalized spacial score (nSPS) is 20.5. The number of anilines is 1. The topological polar surface area (TPSA) is 79.0 Å². The maximum atomic E-state index is 13.2. The highest BCUT2D eigenvalue weighted by atomic mass is 35.5. The summed E-state index contributed by atoms with van der Waals surface area (Å²) in [6.45, 7) is 1.75. The number of amides is 4. The Bertz CT molecular complexity index is 1090. The molecule has 162 valence electrons. The summed E-state index contributed by atoms with van der Waals surface area (Å²) in [6.07, 6.45) is 1.61. The molecule has 2 aromatic rings. The molecule has 0 radical (unpaired) electrons. The first-order chi connectivity index (χ1) is 14.7. The van der Waals surface area contributed by atoms with Gasteiger partial charge in [0, 0.05) is 12.2 Å². The van der Waals surface area contributed by atoms with Gasteiger partial charge in [0.15, 0.2) is 0 Å². The van der Waals surface area contributed by atoms with Crippen molar-refractivity contribution in [1.82, 2.24) is 10.2 Å². The molecule has 31 heavy (non-hydrogen) atoms. The van der Waals surface area contributed by atoms with E-state index >= 15 is 0 Å². The van der Waals surface area contributed by atoms with Crippen LogP contribution in [0.1, 0.15) is 24.5 Å². The average molecular weight is 462 g/mol. The highest BCUT2D eigenvalue weighted by molar-refractivity contribution is 6.42. The number of methoxy groups -OCH3 is 1. The molecular formula is C22H21Cl2N3O4. The number of carbonyl (C=O) groups excluding carboxylic acids is 3. The lowest BCUT2D eigenvalue weighted by molar-refractivity contribution is -0.134. The van der Waals surface area contributed by atoms with Gasteiger partial charge in [0.2, 0.25) is 5.91 Å². The van der Waals surface area contributed by atoms with Gasteiger partial charge in [-0.2, -0.15) is 0 Å². The van der Waals surface area contributed by atoms with Crippen LogP contribution in [0.5, 0.6) is 5.75 Å². The maximum absolute atomic E-state index is 13.2. The summed E-state index contributed by atoms with van der Waals surface area (Å²) < 4.78 is 5.27. The molecule has 1 saturated heterocycles. The van der Waals surface area contributed by atoms with E-state index in [1.165, 1.54) is 0 Å². The molecule has 4 amide bonds. The molecular weight excluding hydrogens is 441 g/mol. The third kappa shape index (κ3) is 3.72. The smallest absolute Gasteiger partial charge is 0.325 e. The number of fused-ring (bicyclic) bond motifs is 1. The zero-order valence-electron chi connectivity index (χ0n) is 17.1. The number of hydrogen-bond acceptors (Lipinski definition) is 4. The summed E-state index contributed by atoms with van der Waals surface area (Å²) in [7, 11) is 1.59. The van der Waals surface area contributed by atoms with Crippen molar-refractivity contribution in [2.75, 3.05) is 25.1 Å². The SMILES string of the molecule is COc1ccc2c(c1)CCCN2C(=O)CN1C(=O)NC(C)(c2ccc(Cl)c(Cl)c2)C1=O. The van der Waals surface area contributed by atoms with E-state index < -0.39 is 17.5 Å². The molecule has 2 heterocycles. The number of imide groups is 1. The molecule has 1 N–H and O–H groups in total. The van der Waals surface area contributed by atoms with Crippen molar-refractivity contribution in [2.45, 2.75) is 25.3 Å². The van der Waals surface area contributed by atoms with Crippen molar-refractivity contribution in [1.29, 1.82) is 0 Å². The predicted octanol–water partition coefficient (Wildman–Crippen LogP) is 3.75. The number of rotatable bonds is 4. The third-order valence-electron chi connectivity index (χ3n) is 5.77. The Morgan fingerprint density at radius 3 is 2.65 bits per heavy atom. The van der Waals surface area contributed by atoms with Crippen molar-refractivity contribution in [3.63, 3.8) is 0 Å². The molecule has 2 aliphatic heterocycles. The van der Waals surface area contributed by atoms with E-state index in [0.29, 0.717) is 17.1 Å². The molecule has 2 aliphatic rings. The summed E-state index contributed by atoms with van der Waals surface area (Å²) in [6, 6.07) is 9.64. The van der Waals surface area contributed by atoms with E-state index in [0.717, 1.165) is 34.7 Å². The summed E-state index contributed by atoms with van der Waals surface area (Å²) in [5.74, 6) is -0.122. The Morgan fingerprint density at radius 2 is 1.94 bits per heavy atom. The quantitative estimate of drug-likeness (QED) is 0.703. The van der Waals surface area contributed by atoms with E-state index in [4.69, 9.17) is 27.9 Å². The number of ether oxygens (including phenoxy) is 1. The van der Waals surface area contributed by atoms with Crippen LogP contribution in [0.3, 0.4) is 0 Å². The minimum atomic E-state index is -1.33. The van der Waals surface area contributed by atoms with E-state index in [1.807, 2.05) is 12.1 Å². The Morgan fingerprint density at radius 1 is 1.16 bits per heavy atom. The Labute approximate surface area is 189 Å². The van der Waals surface area contributed by atoms with Gasteiger partial charge in [-0.3, -0.25) is 14.5 Å². The molecule has 1 fully saturated rings. The van der Waals surface area contributed by atoms with E-state index in [1.54, 1.807) is 43.2 Å². The highest BCUT2D eigenvalue weighted by Gasteiger charge is 2.50. The molecule has 9 heteroatoms. The number of aryl methyl sites for hydroxylation is 1. The van der Waals surface area contributed by atoms with Crippen LogP contribution in [0, 0.1) is 0 Å². The van der Waals surface area contributed by atoms with Crippen LogP contribution in [0.2, 0.25) is 10.0 Å². The number of benzene rings is 2. The second-order valence-corrected chi connectivity index (χ2v) is 8.53. The van der Waals surface area contributed by atoms with Crippen molar-refractivity contribution in [3.8, 4) is 5.75 Å². The minimum Gasteiger partial charge on any atom is -0.497 e. The van der Waals surface area contributed by atoms with Gasteiger partial charge in [0.05, 0.1) is 17.2 Å². The molecule has 0 aliphatic carbocycles. The molecule has 0 aromatic heterocycles. The number of nitrogens with one attached hydrogen (secondary N) is 1. The molecule has 0 spiro atoms. The zero-order valence-corrected chi connectivity index (χ0v) is 18.6. The van der Waals surface area contributed by atoms with E-state index in [-0.39, 0.29) is 17.5 Å². The van der Waals surface area contributed by atoms with E-state index in [2.05, 4.69) is 5.32 Å². The van der Waals surface area contributed by atoms with Crippen molar-refractivity contribution in [3.05, 3.63) is 57.6 Å². The standard InChI is InChI=1S/C22H21Cl2N3O4/c1-22(14-5-7-16(23)17(24)11-14)20(29)27(21(30)25-22)12-19(28)26-9-3-4-13-10-15(31-2)6-8-18(13)26/h5-8,10-11H,3-4,9,12H2,1-2H3,(H,25,30). The fourth-order valence-electron chi connectivity index (χ4n) is 4.02. The molecule has 7 nitrogen and oxygen atoms in total. The van der Waals surface area contributed by atoms with Crippen molar-refractivity contribution >= 4 is 46.7 Å². The van der Waals surface area contributed by atoms with Gasteiger partial charge in [-0.05, 0) is 61.2 Å². The highest BCUT2D eigenvalue weighted by Crippen LogP contribution is 2.34. The van der Waals surface area contributed by atoms with Gasteiger partial charge in [0.25, 0.3) is 5.91 Å². The van der Waals surface area contributed by atoms with Gasteiger partial charge < -0.3 is 15.0 Å². The summed E-state index contributed by atoms with van der Waals surface area (Å²) in [5.41, 5.74) is 0.928. The first-order valence-electron chi connectivity index (χ1n) is 9.81. The molecule has 2 aromatic carbocycles. The second-order valence-electron chi connectivity index (χ2n) is 7.72. The van der Waals surface area contributed by atoms with Gasteiger partial charge in [-0.15, -0.1) is 0 Å². The summed E-state index contributed by atoms with van der Waals surface area (Å²) in [5, 5.41) is 3.30. The lowest BCUT2D eigenvalue weighted by atomic mass is 9.92. The van der Waals surface area contributed by atoms with Crippen LogP contribution in [-0.4, -0.2) is 42.9 Å². The largest absolute Gasteiger partial charge is 0.497 e. The number of carbonyl (C=O) groups is 3. The van der Waals surface area contributed by atoms with Crippen molar-refractivity contribution in [2.24, 2.45) is 0 Å². The maximum Gasteiger partial charge on any atom is 0.325 e. The lowest BCUT2D eigenvalue weighted by Crippen LogP contribution is -2.46. The van der Waals surface area contributed by atoms with Crippen LogP contribution >= 0.6 is 23.2 Å². The molecule has 0 bridgehead atoms. The number of nitrogens with zero attached hydrogens (tertiary/aromatic N) is 2. The predicted molar refractivity (Wildman–Crippen MR) is 118 cm³/mol. The Balaban J connectivity index is 1.56. The second kappa shape index (κ2) is 8.05. The van der Waals surface area contributed by atoms with Crippen LogP contribution in [0.25, 0.3) is 0 Å². The zero-order chi connectivity index (χ0) is 22.3.